The minimum atomic E-state index is -0.286. The second-order valence-corrected chi connectivity index (χ2v) is 10.6. The van der Waals surface area contributed by atoms with Crippen molar-refractivity contribution in [3.8, 4) is 5.75 Å². The van der Waals surface area contributed by atoms with Gasteiger partial charge in [0, 0.05) is 31.0 Å². The van der Waals surface area contributed by atoms with Crippen molar-refractivity contribution in [2.24, 2.45) is 5.10 Å². The normalized spacial score (nSPS) is 20.0. The molecule has 0 bridgehead atoms. The quantitative estimate of drug-likeness (QED) is 0.284. The van der Waals surface area contributed by atoms with Gasteiger partial charge < -0.3 is 4.74 Å². The van der Waals surface area contributed by atoms with Crippen LogP contribution in [0.15, 0.2) is 83.7 Å². The highest BCUT2D eigenvalue weighted by atomic mass is 79.9. The molecule has 3 aromatic rings. The fourth-order valence-electron chi connectivity index (χ4n) is 3.78. The number of fused-ring (bicyclic) bond motifs is 3. The molecule has 2 aliphatic rings. The number of ether oxygens (including phenoxy) is 1. The van der Waals surface area contributed by atoms with E-state index in [0.29, 0.717) is 0 Å². The lowest BCUT2D eigenvalue weighted by Gasteiger charge is -2.38. The number of hydrogen-bond donors (Lipinski definition) is 0. The molecule has 0 aliphatic carbocycles. The van der Waals surface area contributed by atoms with Crippen molar-refractivity contribution in [1.29, 1.82) is 0 Å². The minimum absolute atomic E-state index is 0.111. The van der Waals surface area contributed by atoms with Crippen LogP contribution in [0, 0.1) is 0 Å². The summed E-state index contributed by atoms with van der Waals surface area (Å²) in [7, 11) is 0. The molecule has 7 heteroatoms. The van der Waals surface area contributed by atoms with Gasteiger partial charge in [0.2, 0.25) is 6.23 Å². The lowest BCUT2D eigenvalue weighted by molar-refractivity contribution is -0.0197. The maximum Gasteiger partial charge on any atom is 0.213 e. The van der Waals surface area contributed by atoms with Crippen molar-refractivity contribution in [1.82, 2.24) is 5.01 Å². The number of halogens is 4. The van der Waals surface area contributed by atoms with Crippen LogP contribution in [0.5, 0.6) is 5.75 Å². The molecule has 2 atom stereocenters. The molecule has 0 fully saturated rings. The largest absolute Gasteiger partial charge is 0.463 e. The number of rotatable bonds is 2. The number of benzene rings is 3. The fourth-order valence-corrected chi connectivity index (χ4v) is 5.66. The topological polar surface area (TPSA) is 24.8 Å². The van der Waals surface area contributed by atoms with Gasteiger partial charge in [0.15, 0.2) is 0 Å². The van der Waals surface area contributed by atoms with Gasteiger partial charge in [-0.3, -0.25) is 0 Å². The van der Waals surface area contributed by atoms with E-state index >= 15 is 0 Å². The van der Waals surface area contributed by atoms with Crippen LogP contribution in [0.1, 0.15) is 35.4 Å². The summed E-state index contributed by atoms with van der Waals surface area (Å²) in [5.41, 5.74) is 4.40. The summed E-state index contributed by atoms with van der Waals surface area (Å²) < 4.78 is 10.6. The molecule has 3 aromatic carbocycles. The summed E-state index contributed by atoms with van der Waals surface area (Å²) in [5, 5.41) is 7.11. The Morgan fingerprint density at radius 3 is 2.17 bits per heavy atom. The van der Waals surface area contributed by atoms with Gasteiger partial charge in [0.1, 0.15) is 5.75 Å². The first-order valence-corrected chi connectivity index (χ1v) is 12.2. The lowest BCUT2D eigenvalue weighted by atomic mass is 9.96. The van der Waals surface area contributed by atoms with Gasteiger partial charge in [-0.05, 0) is 57.9 Å². The Labute approximate surface area is 202 Å². The van der Waals surface area contributed by atoms with Gasteiger partial charge in [-0.2, -0.15) is 5.10 Å². The Bertz CT molecular complexity index is 1110. The highest BCUT2D eigenvalue weighted by molar-refractivity contribution is 9.11. The Balaban J connectivity index is 1.62. The first-order valence-electron chi connectivity index (χ1n) is 9.02. The summed E-state index contributed by atoms with van der Waals surface area (Å²) >= 11 is 14.3. The third-order valence-electron chi connectivity index (χ3n) is 5.14. The smallest absolute Gasteiger partial charge is 0.213 e. The van der Waals surface area contributed by atoms with Crippen LogP contribution in [0.2, 0.25) is 0 Å². The first kappa shape index (κ1) is 19.8. The second-order valence-electron chi connectivity index (χ2n) is 6.98. The molecule has 0 N–H and O–H groups in total. The van der Waals surface area contributed by atoms with E-state index in [0.717, 1.165) is 52.5 Å². The van der Waals surface area contributed by atoms with E-state index < -0.39 is 0 Å². The van der Waals surface area contributed by atoms with Crippen molar-refractivity contribution in [3.63, 3.8) is 0 Å². The van der Waals surface area contributed by atoms with Crippen LogP contribution in [0.4, 0.5) is 0 Å². The van der Waals surface area contributed by atoms with Gasteiger partial charge in [-0.1, -0.05) is 72.1 Å². The third-order valence-corrected chi connectivity index (χ3v) is 7.24. The molecule has 146 valence electrons. The standard InChI is InChI=1S/C22H14Br4N2O/c23-14-5-1-12(2-6-14)19-11-20-17-9-16(25)10-18(26)21(17)29-22(28(20)27-19)13-3-7-15(24)8-4-13/h1-10,20,22H,11H2/t20-,22-/m0/s1. The Kier molecular flexibility index (Phi) is 5.35. The molecule has 29 heavy (non-hydrogen) atoms. The predicted octanol–water partition coefficient (Wildman–Crippen LogP) is 7.98. The van der Waals surface area contributed by atoms with Crippen LogP contribution < -0.4 is 4.74 Å². The third kappa shape index (κ3) is 3.71. The molecule has 0 amide bonds. The average molecular weight is 642 g/mol. The summed E-state index contributed by atoms with van der Waals surface area (Å²) in [6.07, 6.45) is 0.541. The molecule has 0 spiro atoms. The molecule has 2 heterocycles. The highest BCUT2D eigenvalue weighted by Crippen LogP contribution is 2.50. The Morgan fingerprint density at radius 1 is 0.828 bits per heavy atom. The van der Waals surface area contributed by atoms with Crippen molar-refractivity contribution in [2.45, 2.75) is 18.7 Å². The fraction of sp³-hybridized carbons (Fsp3) is 0.136. The SMILES string of the molecule is Brc1ccc(C2=NN3[C@@H](C2)c2cc(Br)cc(Br)c2O[C@H]3c2ccc(Br)cc2)cc1. The van der Waals surface area contributed by atoms with Crippen LogP contribution in [0.3, 0.4) is 0 Å². The van der Waals surface area contributed by atoms with Gasteiger partial charge in [-0.15, -0.1) is 0 Å². The van der Waals surface area contributed by atoms with E-state index in [2.05, 4.69) is 111 Å². The lowest BCUT2D eigenvalue weighted by Crippen LogP contribution is -2.33. The maximum absolute atomic E-state index is 6.49. The van der Waals surface area contributed by atoms with E-state index in [-0.39, 0.29) is 12.3 Å². The second kappa shape index (κ2) is 7.84. The van der Waals surface area contributed by atoms with Crippen LogP contribution in [0.25, 0.3) is 0 Å². The van der Waals surface area contributed by atoms with Crippen molar-refractivity contribution >= 4 is 69.4 Å². The van der Waals surface area contributed by atoms with Crippen molar-refractivity contribution < 1.29 is 4.74 Å². The summed E-state index contributed by atoms with van der Waals surface area (Å²) in [4.78, 5) is 0. The summed E-state index contributed by atoms with van der Waals surface area (Å²) in [5.74, 6) is 0.884. The molecule has 0 unspecified atom stereocenters. The van der Waals surface area contributed by atoms with Gasteiger partial charge >= 0.3 is 0 Å². The molecular formula is C22H14Br4N2O. The van der Waals surface area contributed by atoms with E-state index in [1.807, 2.05) is 18.2 Å². The minimum Gasteiger partial charge on any atom is -0.463 e. The first-order chi connectivity index (χ1) is 14.0. The van der Waals surface area contributed by atoms with Gasteiger partial charge in [0.25, 0.3) is 0 Å². The molecule has 0 saturated heterocycles. The van der Waals surface area contributed by atoms with E-state index in [1.54, 1.807) is 0 Å². The van der Waals surface area contributed by atoms with Gasteiger partial charge in [0.05, 0.1) is 16.2 Å². The zero-order valence-corrected chi connectivity index (χ0v) is 21.3. The van der Waals surface area contributed by atoms with E-state index in [1.165, 1.54) is 0 Å². The van der Waals surface area contributed by atoms with Crippen LogP contribution >= 0.6 is 63.7 Å². The molecule has 2 aliphatic heterocycles. The van der Waals surface area contributed by atoms with Crippen LogP contribution in [-0.2, 0) is 0 Å². The summed E-state index contributed by atoms with van der Waals surface area (Å²) in [6.45, 7) is 0. The number of hydrazone groups is 1. The zero-order valence-electron chi connectivity index (χ0n) is 14.9. The van der Waals surface area contributed by atoms with Crippen molar-refractivity contribution in [2.75, 3.05) is 0 Å². The molecule has 0 aromatic heterocycles. The monoisotopic (exact) mass is 638 g/mol. The zero-order chi connectivity index (χ0) is 20.1. The number of nitrogens with zero attached hydrogens (tertiary/aromatic N) is 2. The Morgan fingerprint density at radius 2 is 1.48 bits per heavy atom. The van der Waals surface area contributed by atoms with Gasteiger partial charge in [-0.25, -0.2) is 5.01 Å². The average Bonchev–Trinajstić information content (AvgIpc) is 3.14. The predicted molar refractivity (Wildman–Crippen MR) is 129 cm³/mol. The molecule has 0 saturated carbocycles. The summed E-state index contributed by atoms with van der Waals surface area (Å²) in [6, 6.07) is 20.8. The molecule has 0 radical (unpaired) electrons. The van der Waals surface area contributed by atoms with E-state index in [9.17, 15) is 0 Å². The molecule has 5 rings (SSSR count). The Hall–Kier alpha value is -1.15. The van der Waals surface area contributed by atoms with E-state index in [4.69, 9.17) is 9.84 Å². The molecular weight excluding hydrogens is 628 g/mol. The number of hydrogen-bond acceptors (Lipinski definition) is 3. The highest BCUT2D eigenvalue weighted by Gasteiger charge is 2.41. The van der Waals surface area contributed by atoms with Crippen LogP contribution in [-0.4, -0.2) is 10.7 Å². The van der Waals surface area contributed by atoms with Crippen molar-refractivity contribution in [3.05, 3.63) is 95.2 Å². The molecule has 3 nitrogen and oxygen atoms in total. The maximum atomic E-state index is 6.49.